The number of aliphatic hydroxyl groups is 1. The average molecular weight is 218 g/mol. The molecule has 2 heteroatoms. The Kier molecular flexibility index (Phi) is 3.62. The van der Waals surface area contributed by atoms with Gasteiger partial charge in [-0.15, -0.1) is 0 Å². The van der Waals surface area contributed by atoms with Crippen LogP contribution in [0.5, 0.6) is 5.75 Å². The van der Waals surface area contributed by atoms with Crippen molar-refractivity contribution < 1.29 is 9.84 Å². The van der Waals surface area contributed by atoms with E-state index in [1.54, 1.807) is 0 Å². The van der Waals surface area contributed by atoms with Crippen LogP contribution in [-0.4, -0.2) is 11.7 Å². The van der Waals surface area contributed by atoms with E-state index in [1.807, 2.05) is 31.2 Å². The molecule has 0 bridgehead atoms. The second kappa shape index (κ2) is 5.17. The topological polar surface area (TPSA) is 29.5 Å². The summed E-state index contributed by atoms with van der Waals surface area (Å²) in [5.41, 5.74) is 2.11. The molecule has 0 fully saturated rings. The second-order valence-electron chi connectivity index (χ2n) is 4.08. The molecule has 0 heterocycles. The summed E-state index contributed by atoms with van der Waals surface area (Å²) in [4.78, 5) is 0. The number of hydrogen-bond donors (Lipinski definition) is 1. The van der Waals surface area contributed by atoms with Gasteiger partial charge in [-0.05, 0) is 49.5 Å². The van der Waals surface area contributed by atoms with Gasteiger partial charge >= 0.3 is 0 Å². The van der Waals surface area contributed by atoms with Gasteiger partial charge in [0.25, 0.3) is 0 Å². The summed E-state index contributed by atoms with van der Waals surface area (Å²) in [6.07, 6.45) is 5.01. The highest BCUT2D eigenvalue weighted by molar-refractivity contribution is 5.32. The summed E-state index contributed by atoms with van der Waals surface area (Å²) >= 11 is 0. The maximum Gasteiger partial charge on any atom is 0.119 e. The molecular formula is C14H18O2. The summed E-state index contributed by atoms with van der Waals surface area (Å²) in [6, 6.07) is 7.71. The molecule has 2 nitrogen and oxygen atoms in total. The van der Waals surface area contributed by atoms with Gasteiger partial charge in [0.05, 0.1) is 6.61 Å². The summed E-state index contributed by atoms with van der Waals surface area (Å²) in [7, 11) is 0. The summed E-state index contributed by atoms with van der Waals surface area (Å²) in [5.74, 6) is 0.860. The third kappa shape index (κ3) is 2.45. The number of ether oxygens (including phenoxy) is 1. The quantitative estimate of drug-likeness (QED) is 0.786. The SMILES string of the molecule is CCOc1ccc(C(O)C2=CCCC2)cc1. The number of hydrogen-bond acceptors (Lipinski definition) is 2. The fraction of sp³-hybridized carbons (Fsp3) is 0.429. The summed E-state index contributed by atoms with van der Waals surface area (Å²) < 4.78 is 5.37. The minimum Gasteiger partial charge on any atom is -0.494 e. The van der Waals surface area contributed by atoms with Crippen LogP contribution in [0.3, 0.4) is 0 Å². The number of rotatable bonds is 4. The van der Waals surface area contributed by atoms with Crippen molar-refractivity contribution >= 4 is 0 Å². The predicted octanol–water partition coefficient (Wildman–Crippen LogP) is 3.23. The van der Waals surface area contributed by atoms with Gasteiger partial charge in [-0.1, -0.05) is 18.2 Å². The Bertz CT molecular complexity index is 365. The molecule has 1 atom stereocenters. The molecule has 1 unspecified atom stereocenters. The number of aliphatic hydroxyl groups excluding tert-OH is 1. The zero-order chi connectivity index (χ0) is 11.4. The largest absolute Gasteiger partial charge is 0.494 e. The van der Waals surface area contributed by atoms with Crippen molar-refractivity contribution in [2.24, 2.45) is 0 Å². The van der Waals surface area contributed by atoms with E-state index in [2.05, 4.69) is 6.08 Å². The monoisotopic (exact) mass is 218 g/mol. The van der Waals surface area contributed by atoms with E-state index in [9.17, 15) is 5.11 Å². The Morgan fingerprint density at radius 2 is 2.06 bits per heavy atom. The van der Waals surface area contributed by atoms with Crippen LogP contribution in [0.25, 0.3) is 0 Å². The van der Waals surface area contributed by atoms with Crippen molar-refractivity contribution in [3.05, 3.63) is 41.5 Å². The first-order valence-corrected chi connectivity index (χ1v) is 5.91. The maximum absolute atomic E-state index is 10.1. The summed E-state index contributed by atoms with van der Waals surface area (Å²) in [5, 5.41) is 10.1. The van der Waals surface area contributed by atoms with Gasteiger partial charge in [0.1, 0.15) is 11.9 Å². The lowest BCUT2D eigenvalue weighted by atomic mass is 10.0. The van der Waals surface area contributed by atoms with E-state index < -0.39 is 6.10 Å². The first-order chi connectivity index (χ1) is 7.81. The van der Waals surface area contributed by atoms with Crippen LogP contribution in [-0.2, 0) is 0 Å². The lowest BCUT2D eigenvalue weighted by Crippen LogP contribution is -2.00. The van der Waals surface area contributed by atoms with Crippen LogP contribution in [0.1, 0.15) is 37.9 Å². The Hall–Kier alpha value is -1.28. The molecule has 0 spiro atoms. The van der Waals surface area contributed by atoms with Crippen molar-refractivity contribution in [1.29, 1.82) is 0 Å². The van der Waals surface area contributed by atoms with Crippen LogP contribution >= 0.6 is 0 Å². The third-order valence-corrected chi connectivity index (χ3v) is 2.93. The molecule has 0 saturated heterocycles. The fourth-order valence-electron chi connectivity index (χ4n) is 2.07. The van der Waals surface area contributed by atoms with E-state index in [-0.39, 0.29) is 0 Å². The molecule has 16 heavy (non-hydrogen) atoms. The van der Waals surface area contributed by atoms with Gasteiger partial charge in [0.2, 0.25) is 0 Å². The normalized spacial score (nSPS) is 17.0. The predicted molar refractivity (Wildman–Crippen MR) is 64.5 cm³/mol. The number of benzene rings is 1. The van der Waals surface area contributed by atoms with Crippen LogP contribution in [0.15, 0.2) is 35.9 Å². The third-order valence-electron chi connectivity index (χ3n) is 2.93. The van der Waals surface area contributed by atoms with Crippen molar-refractivity contribution in [3.63, 3.8) is 0 Å². The Labute approximate surface area is 96.6 Å². The highest BCUT2D eigenvalue weighted by Crippen LogP contribution is 2.31. The van der Waals surface area contributed by atoms with Crippen molar-refractivity contribution in [1.82, 2.24) is 0 Å². The highest BCUT2D eigenvalue weighted by atomic mass is 16.5. The molecule has 86 valence electrons. The molecular weight excluding hydrogens is 200 g/mol. The molecule has 0 saturated carbocycles. The van der Waals surface area contributed by atoms with Gasteiger partial charge in [-0.3, -0.25) is 0 Å². The number of allylic oxidation sites excluding steroid dienone is 1. The van der Waals surface area contributed by atoms with Crippen LogP contribution in [0.4, 0.5) is 0 Å². The first-order valence-electron chi connectivity index (χ1n) is 5.91. The molecule has 2 rings (SSSR count). The minimum atomic E-state index is -0.432. The smallest absolute Gasteiger partial charge is 0.119 e. The average Bonchev–Trinajstić information content (AvgIpc) is 2.83. The molecule has 1 aliphatic carbocycles. The Morgan fingerprint density at radius 3 is 2.62 bits per heavy atom. The van der Waals surface area contributed by atoms with E-state index in [0.717, 1.165) is 29.7 Å². The fourth-order valence-corrected chi connectivity index (χ4v) is 2.07. The molecule has 0 aliphatic heterocycles. The Morgan fingerprint density at radius 1 is 1.31 bits per heavy atom. The lowest BCUT2D eigenvalue weighted by Gasteiger charge is -2.13. The van der Waals surface area contributed by atoms with Gasteiger partial charge < -0.3 is 9.84 Å². The van der Waals surface area contributed by atoms with Gasteiger partial charge in [0, 0.05) is 0 Å². The van der Waals surface area contributed by atoms with E-state index in [4.69, 9.17) is 4.74 Å². The van der Waals surface area contributed by atoms with Crippen molar-refractivity contribution in [2.75, 3.05) is 6.61 Å². The van der Waals surface area contributed by atoms with E-state index in [0.29, 0.717) is 6.61 Å². The van der Waals surface area contributed by atoms with Gasteiger partial charge in [-0.2, -0.15) is 0 Å². The zero-order valence-electron chi connectivity index (χ0n) is 9.65. The minimum absolute atomic E-state index is 0.432. The van der Waals surface area contributed by atoms with Crippen molar-refractivity contribution in [3.8, 4) is 5.75 Å². The van der Waals surface area contributed by atoms with Crippen molar-refractivity contribution in [2.45, 2.75) is 32.3 Å². The molecule has 1 N–H and O–H groups in total. The lowest BCUT2D eigenvalue weighted by molar-refractivity contribution is 0.212. The molecule has 0 radical (unpaired) electrons. The van der Waals surface area contributed by atoms with E-state index >= 15 is 0 Å². The first kappa shape index (κ1) is 11.2. The molecule has 0 aromatic heterocycles. The Balaban J connectivity index is 2.08. The van der Waals surface area contributed by atoms with Gasteiger partial charge in [-0.25, -0.2) is 0 Å². The zero-order valence-corrected chi connectivity index (χ0v) is 9.65. The van der Waals surface area contributed by atoms with E-state index in [1.165, 1.54) is 6.42 Å². The summed E-state index contributed by atoms with van der Waals surface area (Å²) in [6.45, 7) is 2.64. The second-order valence-corrected chi connectivity index (χ2v) is 4.08. The molecule has 1 aromatic rings. The van der Waals surface area contributed by atoms with Crippen LogP contribution in [0, 0.1) is 0 Å². The molecule has 1 aromatic carbocycles. The molecule has 1 aliphatic rings. The standard InChI is InChI=1S/C14H18O2/c1-2-16-13-9-7-12(8-10-13)14(15)11-5-3-4-6-11/h5,7-10,14-15H,2-4,6H2,1H3. The highest BCUT2D eigenvalue weighted by Gasteiger charge is 2.15. The van der Waals surface area contributed by atoms with Crippen LogP contribution in [0.2, 0.25) is 0 Å². The van der Waals surface area contributed by atoms with Gasteiger partial charge in [0.15, 0.2) is 0 Å². The molecule has 0 amide bonds. The maximum atomic E-state index is 10.1. The van der Waals surface area contributed by atoms with Crippen LogP contribution < -0.4 is 4.74 Å².